The number of ether oxygens (including phenoxy) is 3. The van der Waals surface area contributed by atoms with Crippen LogP contribution in [0.3, 0.4) is 0 Å². The molecule has 1 aliphatic heterocycles. The molecule has 1 amide bonds. The average Bonchev–Trinajstić information content (AvgIpc) is 2.82. The molecule has 0 aromatic heterocycles. The van der Waals surface area contributed by atoms with E-state index >= 15 is 0 Å². The Labute approximate surface area is 186 Å². The summed E-state index contributed by atoms with van der Waals surface area (Å²) in [6.07, 6.45) is -0.116. The Morgan fingerprint density at radius 3 is 2.23 bits per heavy atom. The van der Waals surface area contributed by atoms with E-state index in [1.54, 1.807) is 17.8 Å². The summed E-state index contributed by atoms with van der Waals surface area (Å²) in [5.41, 5.74) is 2.95. The molecule has 31 heavy (non-hydrogen) atoms. The minimum absolute atomic E-state index is 0.0515. The molecule has 0 atom stereocenters. The van der Waals surface area contributed by atoms with Gasteiger partial charge in [-0.2, -0.15) is 0 Å². The summed E-state index contributed by atoms with van der Waals surface area (Å²) < 4.78 is 17.3. The molecule has 4 rings (SSSR count). The molecule has 1 heterocycles. The summed E-state index contributed by atoms with van der Waals surface area (Å²) in [6.45, 7) is 1.62. The number of carbonyl (C=O) groups excluding carboxylic acids is 1. The van der Waals surface area contributed by atoms with Crippen molar-refractivity contribution in [3.8, 4) is 11.5 Å². The Hall–Kier alpha value is -2.96. The second-order valence-corrected chi connectivity index (χ2v) is 8.14. The molecule has 1 aliphatic rings. The van der Waals surface area contributed by atoms with Crippen molar-refractivity contribution in [3.63, 3.8) is 0 Å². The molecule has 0 bridgehead atoms. The Balaban J connectivity index is 1.24. The molecule has 1 N–H and O–H groups in total. The zero-order chi connectivity index (χ0) is 21.3. The van der Waals surface area contributed by atoms with Gasteiger partial charge < -0.3 is 19.5 Å². The van der Waals surface area contributed by atoms with Gasteiger partial charge in [-0.15, -0.1) is 11.8 Å². The van der Waals surface area contributed by atoms with E-state index < -0.39 is 0 Å². The van der Waals surface area contributed by atoms with E-state index in [9.17, 15) is 4.79 Å². The maximum absolute atomic E-state index is 12.3. The second kappa shape index (κ2) is 10.9. The Morgan fingerprint density at radius 1 is 0.903 bits per heavy atom. The summed E-state index contributed by atoms with van der Waals surface area (Å²) in [7, 11) is 0. The van der Waals surface area contributed by atoms with Crippen molar-refractivity contribution in [1.29, 1.82) is 0 Å². The maximum Gasteiger partial charge on any atom is 0.234 e. The summed E-state index contributed by atoms with van der Waals surface area (Å²) in [5.74, 6) is 2.41. The monoisotopic (exact) mass is 435 g/mol. The molecule has 160 valence electrons. The number of anilines is 1. The highest BCUT2D eigenvalue weighted by Crippen LogP contribution is 2.32. The van der Waals surface area contributed by atoms with Crippen molar-refractivity contribution < 1.29 is 19.0 Å². The number of thioether (sulfide) groups is 1. The fraction of sp³-hybridized carbons (Fsp3) is 0.240. The molecule has 5 nitrogen and oxygen atoms in total. The summed E-state index contributed by atoms with van der Waals surface area (Å²) in [5, 5.41) is 2.91. The number of hydrogen-bond donors (Lipinski definition) is 1. The third-order valence-corrected chi connectivity index (χ3v) is 5.70. The Morgan fingerprint density at radius 2 is 1.55 bits per heavy atom. The molecular formula is C25H25NO4S. The molecule has 0 aliphatic carbocycles. The van der Waals surface area contributed by atoms with Gasteiger partial charge in [0.15, 0.2) is 11.5 Å². The summed E-state index contributed by atoms with van der Waals surface area (Å²) in [4.78, 5) is 12.3. The highest BCUT2D eigenvalue weighted by molar-refractivity contribution is 7.99. The predicted octanol–water partition coefficient (Wildman–Crippen LogP) is 4.94. The van der Waals surface area contributed by atoms with Crippen LogP contribution in [-0.4, -0.2) is 37.2 Å². The van der Waals surface area contributed by atoms with Gasteiger partial charge in [0.05, 0.1) is 12.4 Å². The molecule has 0 fully saturated rings. The van der Waals surface area contributed by atoms with Gasteiger partial charge in [0, 0.05) is 17.5 Å². The van der Waals surface area contributed by atoms with Gasteiger partial charge in [-0.1, -0.05) is 60.7 Å². The van der Waals surface area contributed by atoms with E-state index in [1.807, 2.05) is 48.5 Å². The van der Waals surface area contributed by atoms with Crippen LogP contribution < -0.4 is 14.8 Å². The summed E-state index contributed by atoms with van der Waals surface area (Å²) in [6, 6.07) is 25.8. The molecular weight excluding hydrogens is 410 g/mol. The smallest absolute Gasteiger partial charge is 0.234 e. The first kappa shape index (κ1) is 21.3. The van der Waals surface area contributed by atoms with E-state index in [0.29, 0.717) is 42.8 Å². The fourth-order valence-electron chi connectivity index (χ4n) is 3.35. The van der Waals surface area contributed by atoms with Gasteiger partial charge in [-0.3, -0.25) is 4.79 Å². The number of carbonyl (C=O) groups is 1. The van der Waals surface area contributed by atoms with Crippen LogP contribution in [0.2, 0.25) is 0 Å². The number of rotatable bonds is 9. The Bertz CT molecular complexity index is 942. The lowest BCUT2D eigenvalue weighted by Gasteiger charge is -2.19. The number of amides is 1. The van der Waals surface area contributed by atoms with Crippen molar-refractivity contribution >= 4 is 23.4 Å². The van der Waals surface area contributed by atoms with Crippen LogP contribution in [0.1, 0.15) is 17.2 Å². The van der Waals surface area contributed by atoms with Gasteiger partial charge in [0.1, 0.15) is 19.3 Å². The summed E-state index contributed by atoms with van der Waals surface area (Å²) >= 11 is 1.55. The third-order valence-electron chi connectivity index (χ3n) is 4.78. The minimum Gasteiger partial charge on any atom is -0.486 e. The molecule has 3 aromatic carbocycles. The fourth-order valence-corrected chi connectivity index (χ4v) is 3.96. The molecule has 0 saturated heterocycles. The molecule has 0 unspecified atom stereocenters. The van der Waals surface area contributed by atoms with Crippen molar-refractivity contribution in [3.05, 3.63) is 90.0 Å². The highest BCUT2D eigenvalue weighted by atomic mass is 32.2. The van der Waals surface area contributed by atoms with Gasteiger partial charge in [0.2, 0.25) is 5.91 Å². The molecule has 6 heteroatoms. The number of fused-ring (bicyclic) bond motifs is 1. The van der Waals surface area contributed by atoms with Crippen molar-refractivity contribution in [1.82, 2.24) is 0 Å². The minimum atomic E-state index is -0.116. The highest BCUT2D eigenvalue weighted by Gasteiger charge is 2.15. The first-order valence-electron chi connectivity index (χ1n) is 10.3. The molecule has 0 saturated carbocycles. The van der Waals surface area contributed by atoms with Gasteiger partial charge in [-0.25, -0.2) is 0 Å². The third kappa shape index (κ3) is 6.03. The van der Waals surface area contributed by atoms with Crippen LogP contribution in [-0.2, 0) is 9.53 Å². The number of hydrogen-bond acceptors (Lipinski definition) is 5. The van der Waals surface area contributed by atoms with Crippen LogP contribution in [0.15, 0.2) is 78.9 Å². The van der Waals surface area contributed by atoms with E-state index in [2.05, 4.69) is 29.6 Å². The zero-order valence-electron chi connectivity index (χ0n) is 17.2. The lowest BCUT2D eigenvalue weighted by Crippen LogP contribution is -2.17. The maximum atomic E-state index is 12.3. The molecule has 0 radical (unpaired) electrons. The van der Waals surface area contributed by atoms with Gasteiger partial charge >= 0.3 is 0 Å². The standard InChI is InChI=1S/C25H25NO4S/c27-24(26-21-11-12-22-23(17-21)29-14-13-28-22)18-31-16-15-30-25(19-7-3-1-4-8-19)20-9-5-2-6-10-20/h1-12,17,25H,13-16,18H2,(H,26,27). The lowest BCUT2D eigenvalue weighted by atomic mass is 10.0. The quantitative estimate of drug-likeness (QED) is 0.483. The average molecular weight is 436 g/mol. The predicted molar refractivity (Wildman–Crippen MR) is 124 cm³/mol. The first-order chi connectivity index (χ1) is 15.3. The van der Waals surface area contributed by atoms with E-state index in [-0.39, 0.29) is 12.0 Å². The lowest BCUT2D eigenvalue weighted by molar-refractivity contribution is -0.113. The van der Waals surface area contributed by atoms with Crippen LogP contribution >= 0.6 is 11.8 Å². The van der Waals surface area contributed by atoms with Crippen molar-refractivity contribution in [2.75, 3.05) is 36.6 Å². The number of nitrogens with one attached hydrogen (secondary N) is 1. The van der Waals surface area contributed by atoms with Gasteiger partial charge in [0.25, 0.3) is 0 Å². The van der Waals surface area contributed by atoms with Crippen LogP contribution in [0.25, 0.3) is 0 Å². The van der Waals surface area contributed by atoms with Gasteiger partial charge in [-0.05, 0) is 23.3 Å². The SMILES string of the molecule is O=C(CSCCOC(c1ccccc1)c1ccccc1)Nc1ccc2c(c1)OCCO2. The van der Waals surface area contributed by atoms with E-state index in [4.69, 9.17) is 14.2 Å². The zero-order valence-corrected chi connectivity index (χ0v) is 18.0. The van der Waals surface area contributed by atoms with Crippen molar-refractivity contribution in [2.45, 2.75) is 6.10 Å². The van der Waals surface area contributed by atoms with E-state index in [1.165, 1.54) is 0 Å². The normalized spacial score (nSPS) is 12.5. The number of benzene rings is 3. The van der Waals surface area contributed by atoms with Crippen LogP contribution in [0.5, 0.6) is 11.5 Å². The molecule has 3 aromatic rings. The first-order valence-corrected chi connectivity index (χ1v) is 11.4. The Kier molecular flexibility index (Phi) is 7.47. The molecule has 0 spiro atoms. The largest absolute Gasteiger partial charge is 0.486 e. The van der Waals surface area contributed by atoms with E-state index in [0.717, 1.165) is 16.9 Å². The van der Waals surface area contributed by atoms with Crippen LogP contribution in [0, 0.1) is 0 Å². The van der Waals surface area contributed by atoms with Crippen LogP contribution in [0.4, 0.5) is 5.69 Å². The second-order valence-electron chi connectivity index (χ2n) is 7.03. The van der Waals surface area contributed by atoms with Crippen molar-refractivity contribution in [2.24, 2.45) is 0 Å². The topological polar surface area (TPSA) is 56.8 Å².